The Morgan fingerprint density at radius 2 is 1.91 bits per heavy atom. The molecule has 0 amide bonds. The van der Waals surface area contributed by atoms with E-state index in [9.17, 15) is 9.59 Å². The summed E-state index contributed by atoms with van der Waals surface area (Å²) in [6.45, 7) is 6.98. The van der Waals surface area contributed by atoms with Crippen LogP contribution in [0.3, 0.4) is 0 Å². The van der Waals surface area contributed by atoms with Crippen molar-refractivity contribution in [1.82, 2.24) is 24.1 Å². The summed E-state index contributed by atoms with van der Waals surface area (Å²) in [5, 5.41) is 0. The van der Waals surface area contributed by atoms with Crippen LogP contribution in [0.25, 0.3) is 21.4 Å². The molecule has 1 N–H and O–H groups in total. The van der Waals surface area contributed by atoms with Gasteiger partial charge in [0.15, 0.2) is 15.5 Å². The van der Waals surface area contributed by atoms with E-state index in [-0.39, 0.29) is 5.56 Å². The second-order valence-electron chi connectivity index (χ2n) is 9.05. The maximum atomic E-state index is 12.8. The van der Waals surface area contributed by atoms with Crippen LogP contribution in [-0.4, -0.2) is 42.9 Å². The predicted octanol–water partition coefficient (Wildman–Crippen LogP) is 3.70. The molecule has 8 nitrogen and oxygen atoms in total. The van der Waals surface area contributed by atoms with Crippen LogP contribution in [0.2, 0.25) is 0 Å². The van der Waals surface area contributed by atoms with E-state index in [0.717, 1.165) is 41.1 Å². The monoisotopic (exact) mass is 484 g/mol. The molecule has 0 bridgehead atoms. The minimum Gasteiger partial charge on any atom is -0.342 e. The third-order valence-electron chi connectivity index (χ3n) is 6.16. The predicted molar refractivity (Wildman–Crippen MR) is 136 cm³/mol. The highest BCUT2D eigenvalue weighted by atomic mass is 32.2. The number of benzene rings is 1. The molecule has 33 heavy (non-hydrogen) atoms. The van der Waals surface area contributed by atoms with Crippen molar-refractivity contribution >= 4 is 50.4 Å². The molecule has 10 heteroatoms. The lowest BCUT2D eigenvalue weighted by Crippen LogP contribution is -2.40. The standard InChI is InChI=1S/C23H28N6O2S2/c1-14-11-15(2)13-28(12-14)21-25-19-18(20(30)26-22(31)27(19)3)29(21)9-6-10-32-23-24-16-7-4-5-8-17(16)33-23/h4-5,7-8,14-15H,6,9-13H2,1-3H3,(H,26,30,31)/t14-,15-/m1/s1. The quantitative estimate of drug-likeness (QED) is 0.332. The molecule has 4 aromatic rings. The van der Waals surface area contributed by atoms with Gasteiger partial charge in [-0.15, -0.1) is 11.3 Å². The van der Waals surface area contributed by atoms with Gasteiger partial charge < -0.3 is 9.47 Å². The van der Waals surface area contributed by atoms with E-state index in [0.29, 0.717) is 29.5 Å². The van der Waals surface area contributed by atoms with E-state index in [1.807, 2.05) is 22.8 Å². The summed E-state index contributed by atoms with van der Waals surface area (Å²) >= 11 is 3.46. The number of anilines is 1. The van der Waals surface area contributed by atoms with Gasteiger partial charge in [-0.2, -0.15) is 4.98 Å². The zero-order chi connectivity index (χ0) is 23.1. The number of aryl methyl sites for hydroxylation is 2. The van der Waals surface area contributed by atoms with Crippen molar-refractivity contribution in [3.05, 3.63) is 45.1 Å². The average Bonchev–Trinajstić information content (AvgIpc) is 3.36. The van der Waals surface area contributed by atoms with Gasteiger partial charge in [0.2, 0.25) is 5.95 Å². The molecule has 0 aliphatic carbocycles. The molecule has 174 valence electrons. The van der Waals surface area contributed by atoms with Gasteiger partial charge in [-0.3, -0.25) is 14.3 Å². The number of rotatable bonds is 6. The molecular weight excluding hydrogens is 456 g/mol. The van der Waals surface area contributed by atoms with Crippen LogP contribution in [0.4, 0.5) is 5.95 Å². The van der Waals surface area contributed by atoms with Gasteiger partial charge in [-0.05, 0) is 36.8 Å². The number of thiazole rings is 1. The van der Waals surface area contributed by atoms with Gasteiger partial charge in [0.25, 0.3) is 5.56 Å². The Morgan fingerprint density at radius 3 is 2.67 bits per heavy atom. The Balaban J connectivity index is 1.42. The van der Waals surface area contributed by atoms with Gasteiger partial charge in [0.05, 0.1) is 10.2 Å². The van der Waals surface area contributed by atoms with Crippen molar-refractivity contribution in [3.8, 4) is 0 Å². The smallest absolute Gasteiger partial charge is 0.329 e. The van der Waals surface area contributed by atoms with Crippen molar-refractivity contribution in [3.63, 3.8) is 0 Å². The molecule has 2 atom stereocenters. The summed E-state index contributed by atoms with van der Waals surface area (Å²) in [7, 11) is 1.66. The highest BCUT2D eigenvalue weighted by molar-refractivity contribution is 8.01. The van der Waals surface area contributed by atoms with Crippen molar-refractivity contribution in [2.75, 3.05) is 23.7 Å². The van der Waals surface area contributed by atoms with Gasteiger partial charge in [-0.25, -0.2) is 9.78 Å². The van der Waals surface area contributed by atoms with E-state index in [4.69, 9.17) is 9.97 Å². The molecule has 1 saturated heterocycles. The lowest BCUT2D eigenvalue weighted by atomic mass is 9.92. The molecular formula is C23H28N6O2S2. The molecule has 1 aliphatic rings. The lowest BCUT2D eigenvalue weighted by molar-refractivity contribution is 0.351. The molecule has 1 aliphatic heterocycles. The number of thioether (sulfide) groups is 1. The first kappa shape index (κ1) is 22.2. The molecule has 3 aromatic heterocycles. The van der Waals surface area contributed by atoms with Crippen LogP contribution in [0.5, 0.6) is 0 Å². The molecule has 0 spiro atoms. The first-order valence-corrected chi connectivity index (χ1v) is 13.1. The summed E-state index contributed by atoms with van der Waals surface area (Å²) in [5.74, 6) is 2.78. The number of para-hydroxylation sites is 1. The number of imidazole rings is 1. The molecule has 0 unspecified atom stereocenters. The number of hydrogen-bond donors (Lipinski definition) is 1. The molecule has 0 radical (unpaired) electrons. The van der Waals surface area contributed by atoms with Crippen LogP contribution in [0, 0.1) is 11.8 Å². The molecule has 1 aromatic carbocycles. The van der Waals surface area contributed by atoms with Crippen molar-refractivity contribution in [1.29, 1.82) is 0 Å². The first-order valence-electron chi connectivity index (χ1n) is 11.3. The second kappa shape index (κ2) is 8.98. The SMILES string of the molecule is C[C@@H]1C[C@@H](C)CN(c2nc3c(c(=O)[nH]c(=O)n3C)n2CCCSc2nc3ccccc3s2)C1. The van der Waals surface area contributed by atoms with Gasteiger partial charge in [-0.1, -0.05) is 37.7 Å². The Morgan fingerprint density at radius 1 is 1.15 bits per heavy atom. The maximum absolute atomic E-state index is 12.8. The highest BCUT2D eigenvalue weighted by Crippen LogP contribution is 2.31. The molecule has 4 heterocycles. The number of piperidine rings is 1. The van der Waals surface area contributed by atoms with E-state index in [1.54, 1.807) is 30.1 Å². The Bertz CT molecular complexity index is 1380. The van der Waals surface area contributed by atoms with Crippen LogP contribution >= 0.6 is 23.1 Å². The fourth-order valence-electron chi connectivity index (χ4n) is 4.80. The number of nitrogens with zero attached hydrogens (tertiary/aromatic N) is 5. The average molecular weight is 485 g/mol. The number of nitrogens with one attached hydrogen (secondary N) is 1. The fourth-order valence-corrected chi connectivity index (χ4v) is 6.86. The first-order chi connectivity index (χ1) is 15.9. The van der Waals surface area contributed by atoms with Crippen LogP contribution in [0.1, 0.15) is 26.7 Å². The normalized spacial score (nSPS) is 19.1. The molecule has 1 fully saturated rings. The van der Waals surface area contributed by atoms with E-state index < -0.39 is 5.69 Å². The third kappa shape index (κ3) is 4.33. The largest absolute Gasteiger partial charge is 0.342 e. The van der Waals surface area contributed by atoms with Crippen LogP contribution in [-0.2, 0) is 13.6 Å². The fraction of sp³-hybridized carbons (Fsp3) is 0.478. The highest BCUT2D eigenvalue weighted by Gasteiger charge is 2.27. The summed E-state index contributed by atoms with van der Waals surface area (Å²) in [4.78, 5) is 39.2. The Hall–Kier alpha value is -2.59. The molecule has 5 rings (SSSR count). The summed E-state index contributed by atoms with van der Waals surface area (Å²) < 4.78 is 5.70. The summed E-state index contributed by atoms with van der Waals surface area (Å²) in [6.07, 6.45) is 2.05. The van der Waals surface area contributed by atoms with Crippen LogP contribution in [0.15, 0.2) is 38.2 Å². The number of fused-ring (bicyclic) bond motifs is 2. The number of H-pyrrole nitrogens is 1. The van der Waals surface area contributed by atoms with E-state index in [1.165, 1.54) is 15.7 Å². The number of hydrogen-bond acceptors (Lipinski definition) is 7. The van der Waals surface area contributed by atoms with Crippen molar-refractivity contribution < 1.29 is 0 Å². The summed E-state index contributed by atoms with van der Waals surface area (Å²) in [6, 6.07) is 8.18. The lowest BCUT2D eigenvalue weighted by Gasteiger charge is -2.35. The second-order valence-corrected chi connectivity index (χ2v) is 11.4. The van der Waals surface area contributed by atoms with Crippen molar-refractivity contribution in [2.24, 2.45) is 18.9 Å². The van der Waals surface area contributed by atoms with Crippen molar-refractivity contribution in [2.45, 2.75) is 37.6 Å². The number of aromatic nitrogens is 5. The van der Waals surface area contributed by atoms with E-state index in [2.05, 4.69) is 29.8 Å². The number of aromatic amines is 1. The minimum absolute atomic E-state index is 0.371. The maximum Gasteiger partial charge on any atom is 0.329 e. The third-order valence-corrected chi connectivity index (χ3v) is 8.43. The van der Waals surface area contributed by atoms with E-state index >= 15 is 0 Å². The van der Waals surface area contributed by atoms with Gasteiger partial charge in [0, 0.05) is 32.4 Å². The summed E-state index contributed by atoms with van der Waals surface area (Å²) in [5.41, 5.74) is 1.15. The zero-order valence-electron chi connectivity index (χ0n) is 19.1. The van der Waals surface area contributed by atoms with Gasteiger partial charge >= 0.3 is 5.69 Å². The zero-order valence-corrected chi connectivity index (χ0v) is 20.7. The minimum atomic E-state index is -0.435. The van der Waals surface area contributed by atoms with Gasteiger partial charge in [0.1, 0.15) is 0 Å². The Kier molecular flexibility index (Phi) is 6.05. The Labute approximate surface area is 199 Å². The van der Waals surface area contributed by atoms with Crippen LogP contribution < -0.4 is 16.1 Å². The topological polar surface area (TPSA) is 88.8 Å². The molecule has 0 saturated carbocycles.